The highest BCUT2D eigenvalue weighted by atomic mass is 16.5. The van der Waals surface area contributed by atoms with E-state index in [1.807, 2.05) is 31.3 Å². The first-order valence-corrected chi connectivity index (χ1v) is 8.90. The first-order chi connectivity index (χ1) is 12.1. The summed E-state index contributed by atoms with van der Waals surface area (Å²) >= 11 is 0. The quantitative estimate of drug-likeness (QED) is 0.929. The third kappa shape index (κ3) is 2.61. The Bertz CT molecular complexity index is 792. The minimum atomic E-state index is -0.407. The van der Waals surface area contributed by atoms with Gasteiger partial charge in [-0.25, -0.2) is 0 Å². The van der Waals surface area contributed by atoms with E-state index in [1.165, 1.54) is 0 Å². The number of anilines is 2. The Labute approximate surface area is 147 Å². The maximum atomic E-state index is 13.1. The van der Waals surface area contributed by atoms with Gasteiger partial charge in [-0.1, -0.05) is 0 Å². The lowest BCUT2D eigenvalue weighted by Gasteiger charge is -2.32. The van der Waals surface area contributed by atoms with Crippen LogP contribution in [0, 0.1) is 0 Å². The van der Waals surface area contributed by atoms with Gasteiger partial charge in [0.05, 0.1) is 11.6 Å². The topological polar surface area (TPSA) is 59.4 Å². The van der Waals surface area contributed by atoms with Gasteiger partial charge in [-0.2, -0.15) is 5.10 Å². The lowest BCUT2D eigenvalue weighted by molar-refractivity contribution is -0.126. The number of likely N-dealkylation sites (N-methyl/N-ethyl adjacent to an activating group) is 1. The molecule has 0 aliphatic carbocycles. The molecule has 1 amide bonds. The molecule has 0 radical (unpaired) electrons. The molecule has 4 rings (SSSR count). The first-order valence-electron chi connectivity index (χ1n) is 8.90. The molecule has 6 nitrogen and oxygen atoms in total. The van der Waals surface area contributed by atoms with E-state index >= 15 is 0 Å². The number of ether oxygens (including phenoxy) is 1. The van der Waals surface area contributed by atoms with E-state index in [0.29, 0.717) is 26.3 Å². The van der Waals surface area contributed by atoms with Gasteiger partial charge in [0.25, 0.3) is 0 Å². The average molecular weight is 340 g/mol. The molecule has 2 aromatic rings. The number of nitrogens with one attached hydrogen (secondary N) is 1. The fraction of sp³-hybridized carbons (Fsp3) is 0.474. The number of aryl methyl sites for hydroxylation is 1. The number of hydrogen-bond donors (Lipinski definition) is 1. The summed E-state index contributed by atoms with van der Waals surface area (Å²) < 4.78 is 7.33. The van der Waals surface area contributed by atoms with Gasteiger partial charge in [0.1, 0.15) is 0 Å². The zero-order valence-corrected chi connectivity index (χ0v) is 14.8. The van der Waals surface area contributed by atoms with Crippen molar-refractivity contribution < 1.29 is 9.53 Å². The van der Waals surface area contributed by atoms with E-state index in [-0.39, 0.29) is 5.91 Å². The molecule has 6 heteroatoms. The predicted molar refractivity (Wildman–Crippen MR) is 96.7 cm³/mol. The summed E-state index contributed by atoms with van der Waals surface area (Å²) in [4.78, 5) is 15.0. The number of carbonyl (C=O) groups excluding carboxylic acids is 1. The van der Waals surface area contributed by atoms with Crippen molar-refractivity contribution in [2.75, 3.05) is 30.0 Å². The third-order valence-corrected chi connectivity index (χ3v) is 5.38. The van der Waals surface area contributed by atoms with Crippen LogP contribution in [0.2, 0.25) is 0 Å². The molecule has 1 aromatic heterocycles. The molecule has 1 aromatic carbocycles. The number of fused-ring (bicyclic) bond motifs is 2. The van der Waals surface area contributed by atoms with E-state index < -0.39 is 5.41 Å². The van der Waals surface area contributed by atoms with Crippen LogP contribution >= 0.6 is 0 Å². The fourth-order valence-electron chi connectivity index (χ4n) is 4.03. The summed E-state index contributed by atoms with van der Waals surface area (Å²) in [6, 6.07) is 6.29. The molecule has 1 spiro atoms. The minimum Gasteiger partial charge on any atom is -0.381 e. The number of nitrogens with zero attached hydrogens (tertiary/aromatic N) is 3. The van der Waals surface area contributed by atoms with E-state index in [2.05, 4.69) is 28.6 Å². The molecule has 25 heavy (non-hydrogen) atoms. The van der Waals surface area contributed by atoms with Crippen LogP contribution in [0.5, 0.6) is 0 Å². The smallest absolute Gasteiger partial charge is 0.237 e. The number of carbonyl (C=O) groups is 1. The highest BCUT2D eigenvalue weighted by Crippen LogP contribution is 2.48. The first kappa shape index (κ1) is 16.1. The van der Waals surface area contributed by atoms with Crippen molar-refractivity contribution in [3.8, 4) is 0 Å². The van der Waals surface area contributed by atoms with Gasteiger partial charge >= 0.3 is 0 Å². The number of hydrogen-bond acceptors (Lipinski definition) is 4. The van der Waals surface area contributed by atoms with E-state index in [9.17, 15) is 4.79 Å². The van der Waals surface area contributed by atoms with Gasteiger partial charge in [0.15, 0.2) is 0 Å². The van der Waals surface area contributed by atoms with Crippen molar-refractivity contribution in [2.45, 2.75) is 31.7 Å². The van der Waals surface area contributed by atoms with Gasteiger partial charge in [-0.3, -0.25) is 9.48 Å². The van der Waals surface area contributed by atoms with Crippen LogP contribution in [0.15, 0.2) is 30.6 Å². The van der Waals surface area contributed by atoms with Crippen molar-refractivity contribution in [3.05, 3.63) is 41.7 Å². The molecular weight excluding hydrogens is 316 g/mol. The zero-order valence-electron chi connectivity index (χ0n) is 14.8. The van der Waals surface area contributed by atoms with Crippen LogP contribution in [0.1, 0.15) is 30.9 Å². The third-order valence-electron chi connectivity index (χ3n) is 5.38. The second-order valence-electron chi connectivity index (χ2n) is 6.85. The molecule has 2 aliphatic heterocycles. The van der Waals surface area contributed by atoms with Gasteiger partial charge in [0, 0.05) is 56.5 Å². The van der Waals surface area contributed by atoms with Crippen LogP contribution in [-0.4, -0.2) is 35.4 Å². The van der Waals surface area contributed by atoms with Crippen LogP contribution in [0.4, 0.5) is 11.4 Å². The van der Waals surface area contributed by atoms with E-state index in [1.54, 1.807) is 4.68 Å². The predicted octanol–water partition coefficient (Wildman–Crippen LogP) is 2.45. The van der Waals surface area contributed by atoms with E-state index in [0.717, 1.165) is 35.3 Å². The number of amides is 1. The highest BCUT2D eigenvalue weighted by molar-refractivity contribution is 6.08. The van der Waals surface area contributed by atoms with Crippen LogP contribution in [0.3, 0.4) is 0 Å². The monoisotopic (exact) mass is 340 g/mol. The lowest BCUT2D eigenvalue weighted by atomic mass is 9.75. The van der Waals surface area contributed by atoms with Crippen molar-refractivity contribution >= 4 is 17.3 Å². The fourth-order valence-corrected chi connectivity index (χ4v) is 4.03. The van der Waals surface area contributed by atoms with Crippen molar-refractivity contribution in [1.29, 1.82) is 0 Å². The molecule has 1 saturated heterocycles. The Hall–Kier alpha value is -2.34. The summed E-state index contributed by atoms with van der Waals surface area (Å²) in [7, 11) is 1.92. The van der Waals surface area contributed by atoms with Crippen molar-refractivity contribution in [3.63, 3.8) is 0 Å². The number of benzene rings is 1. The summed E-state index contributed by atoms with van der Waals surface area (Å²) in [5.74, 6) is 0.234. The molecule has 2 aliphatic rings. The Morgan fingerprint density at radius 2 is 2.12 bits per heavy atom. The molecule has 0 unspecified atom stereocenters. The molecule has 0 saturated carbocycles. The lowest BCUT2D eigenvalue weighted by Crippen LogP contribution is -2.44. The molecule has 132 valence electrons. The summed E-state index contributed by atoms with van der Waals surface area (Å²) in [5, 5.41) is 7.66. The van der Waals surface area contributed by atoms with Crippen molar-refractivity contribution in [2.24, 2.45) is 7.05 Å². The van der Waals surface area contributed by atoms with Crippen LogP contribution in [-0.2, 0) is 28.5 Å². The standard InChI is InChI=1S/C19H24N4O2/c1-3-23-17-5-4-15(20-11-14-12-21-22(2)13-14)10-16(17)19(18(23)24)6-8-25-9-7-19/h4-5,10,12-13,20H,3,6-9,11H2,1-2H3. The summed E-state index contributed by atoms with van der Waals surface area (Å²) in [5.41, 5.74) is 3.98. The second kappa shape index (κ2) is 6.19. The van der Waals surface area contributed by atoms with Crippen LogP contribution < -0.4 is 10.2 Å². The molecule has 0 bridgehead atoms. The minimum absolute atomic E-state index is 0.234. The largest absolute Gasteiger partial charge is 0.381 e. The summed E-state index contributed by atoms with van der Waals surface area (Å²) in [6.07, 6.45) is 5.40. The van der Waals surface area contributed by atoms with Gasteiger partial charge < -0.3 is 15.0 Å². The molecule has 1 N–H and O–H groups in total. The Morgan fingerprint density at radius 1 is 1.32 bits per heavy atom. The Kier molecular flexibility index (Phi) is 4.00. The zero-order chi connectivity index (χ0) is 17.4. The SMILES string of the molecule is CCN1C(=O)C2(CCOCC2)c2cc(NCc3cnn(C)c3)ccc21. The maximum Gasteiger partial charge on any atom is 0.237 e. The molecular formula is C19H24N4O2. The summed E-state index contributed by atoms with van der Waals surface area (Å²) in [6.45, 7) is 4.76. The number of aromatic nitrogens is 2. The highest BCUT2D eigenvalue weighted by Gasteiger charge is 2.51. The number of rotatable bonds is 4. The average Bonchev–Trinajstić information content (AvgIpc) is 3.15. The molecule has 0 atom stereocenters. The Morgan fingerprint density at radius 3 is 2.80 bits per heavy atom. The normalized spacial score (nSPS) is 18.6. The van der Waals surface area contributed by atoms with Gasteiger partial charge in [0.2, 0.25) is 5.91 Å². The molecule has 1 fully saturated rings. The van der Waals surface area contributed by atoms with Gasteiger partial charge in [-0.05, 0) is 43.5 Å². The maximum absolute atomic E-state index is 13.1. The van der Waals surface area contributed by atoms with Crippen LogP contribution in [0.25, 0.3) is 0 Å². The van der Waals surface area contributed by atoms with E-state index in [4.69, 9.17) is 4.74 Å². The van der Waals surface area contributed by atoms with Gasteiger partial charge in [-0.15, -0.1) is 0 Å². The molecule has 3 heterocycles. The Balaban J connectivity index is 1.64. The second-order valence-corrected chi connectivity index (χ2v) is 6.85. The van der Waals surface area contributed by atoms with Crippen molar-refractivity contribution in [1.82, 2.24) is 9.78 Å².